The van der Waals surface area contributed by atoms with Crippen LogP contribution in [0.15, 0.2) is 6.07 Å². The van der Waals surface area contributed by atoms with E-state index in [2.05, 4.69) is 15.6 Å². The Morgan fingerprint density at radius 3 is 2.64 bits per heavy atom. The molecule has 1 saturated carbocycles. The standard InChI is InChI=1S/C14H16ClN3O4/c1-7-5-8(2)16-12(15)11(7)13(20)22-6-10(19)18-14(21)17-9-3-4-9/h5,9H,3-4,6H2,1-2H3,(H2,17,18,19,21). The van der Waals surface area contributed by atoms with E-state index >= 15 is 0 Å². The Labute approximate surface area is 132 Å². The van der Waals surface area contributed by atoms with Crippen LogP contribution in [0.4, 0.5) is 4.79 Å². The lowest BCUT2D eigenvalue weighted by molar-refractivity contribution is -0.123. The quantitative estimate of drug-likeness (QED) is 0.646. The zero-order valence-electron chi connectivity index (χ0n) is 12.2. The second kappa shape index (κ2) is 6.74. The van der Waals surface area contributed by atoms with Gasteiger partial charge in [-0.2, -0.15) is 0 Å². The summed E-state index contributed by atoms with van der Waals surface area (Å²) in [6.45, 7) is 2.88. The molecule has 0 aliphatic heterocycles. The van der Waals surface area contributed by atoms with Crippen molar-refractivity contribution in [2.24, 2.45) is 0 Å². The van der Waals surface area contributed by atoms with Crippen molar-refractivity contribution in [1.29, 1.82) is 0 Å². The van der Waals surface area contributed by atoms with Crippen molar-refractivity contribution in [2.75, 3.05) is 6.61 Å². The summed E-state index contributed by atoms with van der Waals surface area (Å²) in [7, 11) is 0. The highest BCUT2D eigenvalue weighted by Gasteiger charge is 2.24. The van der Waals surface area contributed by atoms with Crippen molar-refractivity contribution in [3.05, 3.63) is 28.0 Å². The van der Waals surface area contributed by atoms with Crippen molar-refractivity contribution in [3.8, 4) is 0 Å². The number of rotatable bonds is 4. The lowest BCUT2D eigenvalue weighted by atomic mass is 10.1. The van der Waals surface area contributed by atoms with Gasteiger partial charge in [0.2, 0.25) is 0 Å². The zero-order chi connectivity index (χ0) is 16.3. The first-order valence-electron chi connectivity index (χ1n) is 6.78. The Morgan fingerprint density at radius 1 is 1.36 bits per heavy atom. The fraction of sp³-hybridized carbons (Fsp3) is 0.429. The van der Waals surface area contributed by atoms with E-state index in [1.165, 1.54) is 0 Å². The maximum atomic E-state index is 11.9. The number of ether oxygens (including phenoxy) is 1. The Kier molecular flexibility index (Phi) is 4.97. The van der Waals surface area contributed by atoms with Gasteiger partial charge in [-0.15, -0.1) is 0 Å². The third kappa shape index (κ3) is 4.42. The normalized spacial score (nSPS) is 13.4. The Hall–Kier alpha value is -2.15. The second-order valence-electron chi connectivity index (χ2n) is 5.12. The molecule has 1 heterocycles. The number of nitrogens with zero attached hydrogens (tertiary/aromatic N) is 1. The van der Waals surface area contributed by atoms with E-state index in [4.69, 9.17) is 16.3 Å². The van der Waals surface area contributed by atoms with Crippen LogP contribution in [0.25, 0.3) is 0 Å². The molecule has 22 heavy (non-hydrogen) atoms. The monoisotopic (exact) mass is 325 g/mol. The summed E-state index contributed by atoms with van der Waals surface area (Å²) in [5.74, 6) is -1.46. The number of hydrogen-bond donors (Lipinski definition) is 2. The second-order valence-corrected chi connectivity index (χ2v) is 5.48. The summed E-state index contributed by atoms with van der Waals surface area (Å²) in [5, 5.41) is 4.69. The number of imide groups is 1. The fourth-order valence-electron chi connectivity index (χ4n) is 1.85. The Balaban J connectivity index is 1.86. The van der Waals surface area contributed by atoms with Crippen LogP contribution in [0.5, 0.6) is 0 Å². The Bertz CT molecular complexity index is 606. The fourth-order valence-corrected chi connectivity index (χ4v) is 2.21. The minimum absolute atomic E-state index is 0.0226. The van der Waals surface area contributed by atoms with Crippen LogP contribution in [0.2, 0.25) is 5.15 Å². The van der Waals surface area contributed by atoms with Crippen molar-refractivity contribution in [1.82, 2.24) is 15.6 Å². The molecule has 0 saturated heterocycles. The number of carbonyl (C=O) groups excluding carboxylic acids is 3. The first-order chi connectivity index (χ1) is 10.4. The highest BCUT2D eigenvalue weighted by atomic mass is 35.5. The van der Waals surface area contributed by atoms with Crippen molar-refractivity contribution in [2.45, 2.75) is 32.7 Å². The van der Waals surface area contributed by atoms with Gasteiger partial charge in [0.15, 0.2) is 6.61 Å². The van der Waals surface area contributed by atoms with Crippen LogP contribution in [0.1, 0.15) is 34.5 Å². The van der Waals surface area contributed by atoms with Crippen LogP contribution in [-0.2, 0) is 9.53 Å². The maximum Gasteiger partial charge on any atom is 0.342 e. The molecule has 1 aromatic rings. The molecule has 0 unspecified atom stereocenters. The van der Waals surface area contributed by atoms with E-state index in [1.807, 2.05) is 0 Å². The minimum atomic E-state index is -0.757. The van der Waals surface area contributed by atoms with Gasteiger partial charge in [0.05, 0.1) is 5.56 Å². The highest BCUT2D eigenvalue weighted by molar-refractivity contribution is 6.32. The lowest BCUT2D eigenvalue weighted by Crippen LogP contribution is -2.42. The van der Waals surface area contributed by atoms with E-state index in [0.29, 0.717) is 11.3 Å². The van der Waals surface area contributed by atoms with Crippen LogP contribution in [0.3, 0.4) is 0 Å². The van der Waals surface area contributed by atoms with Crippen LogP contribution < -0.4 is 10.6 Å². The number of esters is 1. The van der Waals surface area contributed by atoms with Crippen LogP contribution >= 0.6 is 11.6 Å². The van der Waals surface area contributed by atoms with Crippen molar-refractivity contribution >= 4 is 29.5 Å². The van der Waals surface area contributed by atoms with Gasteiger partial charge >= 0.3 is 12.0 Å². The van der Waals surface area contributed by atoms with Crippen molar-refractivity contribution < 1.29 is 19.1 Å². The topological polar surface area (TPSA) is 97.4 Å². The number of aryl methyl sites for hydroxylation is 2. The summed E-state index contributed by atoms with van der Waals surface area (Å²) < 4.78 is 4.86. The molecule has 118 valence electrons. The third-order valence-electron chi connectivity index (χ3n) is 3.00. The number of carbonyl (C=O) groups is 3. The smallest absolute Gasteiger partial charge is 0.342 e. The highest BCUT2D eigenvalue weighted by Crippen LogP contribution is 2.20. The van der Waals surface area contributed by atoms with E-state index < -0.39 is 24.5 Å². The average Bonchev–Trinajstić information content (AvgIpc) is 3.18. The largest absolute Gasteiger partial charge is 0.452 e. The Morgan fingerprint density at radius 2 is 2.05 bits per heavy atom. The number of aromatic nitrogens is 1. The van der Waals surface area contributed by atoms with Gasteiger partial charge in [-0.1, -0.05) is 11.6 Å². The zero-order valence-corrected chi connectivity index (χ0v) is 13.0. The molecule has 7 nitrogen and oxygen atoms in total. The maximum absolute atomic E-state index is 11.9. The molecule has 1 aliphatic rings. The summed E-state index contributed by atoms with van der Waals surface area (Å²) in [6.07, 6.45) is 1.82. The summed E-state index contributed by atoms with van der Waals surface area (Å²) in [4.78, 5) is 38.8. The van der Waals surface area contributed by atoms with E-state index in [1.54, 1.807) is 19.9 Å². The van der Waals surface area contributed by atoms with Crippen molar-refractivity contribution in [3.63, 3.8) is 0 Å². The molecule has 0 bridgehead atoms. The molecule has 1 fully saturated rings. The molecular weight excluding hydrogens is 310 g/mol. The minimum Gasteiger partial charge on any atom is -0.452 e. The molecule has 8 heteroatoms. The molecule has 1 aliphatic carbocycles. The van der Waals surface area contributed by atoms with Gasteiger partial charge < -0.3 is 10.1 Å². The first kappa shape index (κ1) is 16.2. The molecule has 0 aromatic carbocycles. The summed E-state index contributed by atoms with van der Waals surface area (Å²) in [5.41, 5.74) is 1.39. The van der Waals surface area contributed by atoms with Crippen LogP contribution in [-0.4, -0.2) is 35.5 Å². The molecule has 2 N–H and O–H groups in total. The van der Waals surface area contributed by atoms with Gasteiger partial charge in [0, 0.05) is 11.7 Å². The summed E-state index contributed by atoms with van der Waals surface area (Å²) >= 11 is 5.92. The number of nitrogens with one attached hydrogen (secondary N) is 2. The number of pyridine rings is 1. The van der Waals surface area contributed by atoms with Gasteiger partial charge in [0.25, 0.3) is 5.91 Å². The van der Waals surface area contributed by atoms with Gasteiger partial charge in [-0.3, -0.25) is 10.1 Å². The lowest BCUT2D eigenvalue weighted by Gasteiger charge is -2.09. The molecule has 0 atom stereocenters. The predicted octanol–water partition coefficient (Wildman–Crippen LogP) is 1.50. The summed E-state index contributed by atoms with van der Waals surface area (Å²) in [6, 6.07) is 1.23. The molecular formula is C14H16ClN3O4. The molecule has 3 amide bonds. The molecule has 0 radical (unpaired) electrons. The van der Waals surface area contributed by atoms with Gasteiger partial charge in [0.1, 0.15) is 5.15 Å². The third-order valence-corrected chi connectivity index (χ3v) is 3.28. The molecule has 1 aromatic heterocycles. The SMILES string of the molecule is Cc1cc(C)c(C(=O)OCC(=O)NC(=O)NC2CC2)c(Cl)n1. The van der Waals surface area contributed by atoms with E-state index in [-0.39, 0.29) is 16.8 Å². The number of hydrogen-bond acceptors (Lipinski definition) is 5. The predicted molar refractivity (Wildman–Crippen MR) is 78.7 cm³/mol. The number of urea groups is 1. The van der Waals surface area contributed by atoms with Gasteiger partial charge in [-0.05, 0) is 38.3 Å². The van der Waals surface area contributed by atoms with E-state index in [0.717, 1.165) is 12.8 Å². The van der Waals surface area contributed by atoms with Gasteiger partial charge in [-0.25, -0.2) is 14.6 Å². The number of halogens is 1. The number of amides is 3. The first-order valence-corrected chi connectivity index (χ1v) is 7.16. The van der Waals surface area contributed by atoms with Crippen LogP contribution in [0, 0.1) is 13.8 Å². The molecule has 0 spiro atoms. The van der Waals surface area contributed by atoms with E-state index in [9.17, 15) is 14.4 Å². The average molecular weight is 326 g/mol. The molecule has 2 rings (SSSR count).